The van der Waals surface area contributed by atoms with E-state index in [-0.39, 0.29) is 5.97 Å². The van der Waals surface area contributed by atoms with Crippen molar-refractivity contribution in [3.8, 4) is 39.1 Å². The van der Waals surface area contributed by atoms with Gasteiger partial charge in [0.15, 0.2) is 0 Å². The molecule has 0 heterocycles. The zero-order valence-electron chi connectivity index (χ0n) is 18.3. The molecule has 0 aliphatic rings. The number of thioether (sulfide) groups is 1. The molecule has 0 aliphatic heterocycles. The maximum atomic E-state index is 13.2. The number of carbonyl (C=O) groups excluding carboxylic acids is 1. The fourth-order valence-corrected chi connectivity index (χ4v) is 4.86. The second kappa shape index (κ2) is 9.75. The van der Waals surface area contributed by atoms with E-state index >= 15 is 0 Å². The molecule has 0 saturated heterocycles. The van der Waals surface area contributed by atoms with E-state index in [1.54, 1.807) is 18.9 Å². The summed E-state index contributed by atoms with van der Waals surface area (Å²) in [4.78, 5) is 14.1. The Morgan fingerprint density at radius 1 is 0.656 bits per heavy atom. The number of hydrogen-bond acceptors (Lipinski definition) is 4. The molecule has 3 nitrogen and oxygen atoms in total. The largest absolute Gasteiger partial charge is 0.495 e. The van der Waals surface area contributed by atoms with Gasteiger partial charge >= 0.3 is 5.97 Å². The summed E-state index contributed by atoms with van der Waals surface area (Å²) in [5.74, 6) is 0.266. The lowest BCUT2D eigenvalue weighted by atomic mass is 9.86. The van der Waals surface area contributed by atoms with Gasteiger partial charge in [-0.05, 0) is 22.9 Å². The molecule has 4 heteroatoms. The maximum absolute atomic E-state index is 13.2. The van der Waals surface area contributed by atoms with Crippen molar-refractivity contribution in [2.75, 3.05) is 20.5 Å². The standard InChI is InChI=1S/C28H24O3S/c1-30-26-22(19-13-7-4-8-14-19)24(21-17-11-6-12-18-21)27(32-3)25(28(29)31-2)23(26)20-15-9-5-10-16-20/h4-18H,1-3H3. The second-order valence-electron chi connectivity index (χ2n) is 7.16. The van der Waals surface area contributed by atoms with Crippen LogP contribution in [0, 0.1) is 0 Å². The van der Waals surface area contributed by atoms with Crippen LogP contribution in [-0.4, -0.2) is 26.4 Å². The zero-order chi connectivity index (χ0) is 22.5. The van der Waals surface area contributed by atoms with Crippen molar-refractivity contribution in [1.29, 1.82) is 0 Å². The smallest absolute Gasteiger partial charge is 0.339 e. The highest BCUT2D eigenvalue weighted by molar-refractivity contribution is 7.98. The van der Waals surface area contributed by atoms with Gasteiger partial charge in [0.05, 0.1) is 19.8 Å². The first-order valence-corrected chi connectivity index (χ1v) is 11.5. The summed E-state index contributed by atoms with van der Waals surface area (Å²) >= 11 is 1.54. The van der Waals surface area contributed by atoms with E-state index < -0.39 is 0 Å². The summed E-state index contributed by atoms with van der Waals surface area (Å²) < 4.78 is 11.3. The molecule has 4 aromatic carbocycles. The lowest BCUT2D eigenvalue weighted by molar-refractivity contribution is 0.0597. The highest BCUT2D eigenvalue weighted by Crippen LogP contribution is 2.52. The predicted octanol–water partition coefficient (Wildman–Crippen LogP) is 7.20. The molecule has 0 spiro atoms. The van der Waals surface area contributed by atoms with Gasteiger partial charge in [-0.2, -0.15) is 0 Å². The molecule has 0 aliphatic carbocycles. The van der Waals surface area contributed by atoms with Gasteiger partial charge in [-0.3, -0.25) is 0 Å². The molecule has 0 aromatic heterocycles. The molecule has 0 bridgehead atoms. The monoisotopic (exact) mass is 440 g/mol. The first-order valence-electron chi connectivity index (χ1n) is 10.3. The Morgan fingerprint density at radius 2 is 1.09 bits per heavy atom. The molecule has 0 unspecified atom stereocenters. The molecule has 32 heavy (non-hydrogen) atoms. The van der Waals surface area contributed by atoms with Crippen molar-refractivity contribution in [3.05, 3.63) is 96.6 Å². The summed E-state index contributed by atoms with van der Waals surface area (Å²) in [6.07, 6.45) is 1.99. The average molecular weight is 441 g/mol. The van der Waals surface area contributed by atoms with Crippen LogP contribution in [0.2, 0.25) is 0 Å². The van der Waals surface area contributed by atoms with Crippen molar-refractivity contribution in [3.63, 3.8) is 0 Å². The van der Waals surface area contributed by atoms with E-state index in [1.807, 2.05) is 73.0 Å². The zero-order valence-corrected chi connectivity index (χ0v) is 19.1. The summed E-state index contributed by atoms with van der Waals surface area (Å²) in [5.41, 5.74) is 6.10. The Balaban J connectivity index is 2.26. The Labute approximate surface area is 193 Å². The van der Waals surface area contributed by atoms with Gasteiger partial charge in [0.2, 0.25) is 0 Å². The highest BCUT2D eigenvalue weighted by atomic mass is 32.2. The first-order chi connectivity index (χ1) is 15.7. The highest BCUT2D eigenvalue weighted by Gasteiger charge is 2.30. The quantitative estimate of drug-likeness (QED) is 0.234. The SMILES string of the molecule is COC(=O)c1c(SC)c(-c2ccccc2)c(-c2ccccc2)c(OC)c1-c1ccccc1. The van der Waals surface area contributed by atoms with Gasteiger partial charge in [-0.1, -0.05) is 91.0 Å². The molecule has 0 N–H and O–H groups in total. The average Bonchev–Trinajstić information content (AvgIpc) is 2.87. The van der Waals surface area contributed by atoms with Crippen LogP contribution in [-0.2, 0) is 4.74 Å². The number of rotatable bonds is 6. The molecule has 4 rings (SSSR count). The molecule has 0 radical (unpaired) electrons. The van der Waals surface area contributed by atoms with Crippen LogP contribution in [0.5, 0.6) is 5.75 Å². The third-order valence-electron chi connectivity index (χ3n) is 5.39. The van der Waals surface area contributed by atoms with E-state index in [0.717, 1.165) is 38.3 Å². The van der Waals surface area contributed by atoms with E-state index in [9.17, 15) is 4.79 Å². The van der Waals surface area contributed by atoms with Gasteiger partial charge in [0.1, 0.15) is 5.75 Å². The fourth-order valence-electron chi connectivity index (χ4n) is 4.05. The van der Waals surface area contributed by atoms with Crippen LogP contribution in [0.4, 0.5) is 0 Å². The second-order valence-corrected chi connectivity index (χ2v) is 7.97. The molecule has 0 saturated carbocycles. The van der Waals surface area contributed by atoms with Crippen LogP contribution in [0.15, 0.2) is 95.9 Å². The third kappa shape index (κ3) is 3.90. The molecule has 4 aromatic rings. The van der Waals surface area contributed by atoms with Crippen LogP contribution >= 0.6 is 11.8 Å². The van der Waals surface area contributed by atoms with Crippen molar-refractivity contribution < 1.29 is 14.3 Å². The van der Waals surface area contributed by atoms with Crippen LogP contribution in [0.25, 0.3) is 33.4 Å². The van der Waals surface area contributed by atoms with Gasteiger partial charge < -0.3 is 9.47 Å². The van der Waals surface area contributed by atoms with Crippen LogP contribution < -0.4 is 4.74 Å². The number of esters is 1. The predicted molar refractivity (Wildman–Crippen MR) is 132 cm³/mol. The Kier molecular flexibility index (Phi) is 6.62. The Bertz CT molecular complexity index is 1220. The lowest BCUT2D eigenvalue weighted by Crippen LogP contribution is -2.10. The minimum absolute atomic E-state index is 0.386. The van der Waals surface area contributed by atoms with E-state index in [2.05, 4.69) is 24.3 Å². The topological polar surface area (TPSA) is 35.5 Å². The molecule has 0 fully saturated rings. The minimum Gasteiger partial charge on any atom is -0.495 e. The van der Waals surface area contributed by atoms with Crippen LogP contribution in [0.3, 0.4) is 0 Å². The first kappa shape index (κ1) is 21.7. The van der Waals surface area contributed by atoms with Gasteiger partial charge in [0, 0.05) is 21.6 Å². The summed E-state index contributed by atoms with van der Waals surface area (Å²) in [6.45, 7) is 0. The van der Waals surface area contributed by atoms with Gasteiger partial charge in [0.25, 0.3) is 0 Å². The summed E-state index contributed by atoms with van der Waals surface area (Å²) in [5, 5.41) is 0. The van der Waals surface area contributed by atoms with E-state index in [1.165, 1.54) is 7.11 Å². The Morgan fingerprint density at radius 3 is 1.50 bits per heavy atom. The van der Waals surface area contributed by atoms with Crippen molar-refractivity contribution in [1.82, 2.24) is 0 Å². The normalized spacial score (nSPS) is 10.6. The van der Waals surface area contributed by atoms with E-state index in [4.69, 9.17) is 9.47 Å². The van der Waals surface area contributed by atoms with Gasteiger partial charge in [-0.25, -0.2) is 4.79 Å². The fraction of sp³-hybridized carbons (Fsp3) is 0.107. The molecule has 0 atom stereocenters. The van der Waals surface area contributed by atoms with Crippen molar-refractivity contribution >= 4 is 17.7 Å². The number of ether oxygens (including phenoxy) is 2. The van der Waals surface area contributed by atoms with Gasteiger partial charge in [-0.15, -0.1) is 11.8 Å². The summed E-state index contributed by atoms with van der Waals surface area (Å²) in [7, 11) is 3.07. The van der Waals surface area contributed by atoms with Crippen molar-refractivity contribution in [2.24, 2.45) is 0 Å². The molecular weight excluding hydrogens is 416 g/mol. The Hall–Kier alpha value is -3.50. The molecule has 0 amide bonds. The number of methoxy groups -OCH3 is 2. The maximum Gasteiger partial charge on any atom is 0.339 e. The molecular formula is C28H24O3S. The van der Waals surface area contributed by atoms with E-state index in [0.29, 0.717) is 11.3 Å². The molecule has 160 valence electrons. The van der Waals surface area contributed by atoms with Crippen LogP contribution in [0.1, 0.15) is 10.4 Å². The summed E-state index contributed by atoms with van der Waals surface area (Å²) in [6, 6.07) is 30.1. The third-order valence-corrected chi connectivity index (χ3v) is 6.21. The number of carbonyl (C=O) groups is 1. The minimum atomic E-state index is -0.386. The number of hydrogen-bond donors (Lipinski definition) is 0. The number of benzene rings is 4. The lowest BCUT2D eigenvalue weighted by Gasteiger charge is -2.25. The van der Waals surface area contributed by atoms with Crippen molar-refractivity contribution in [2.45, 2.75) is 4.90 Å².